The summed E-state index contributed by atoms with van der Waals surface area (Å²) in [6.45, 7) is 3.26. The molecular formula is C9H17O10P. The second-order valence-corrected chi connectivity index (χ2v) is 4.48. The Morgan fingerprint density at radius 3 is 1.10 bits per heavy atom. The van der Waals surface area contributed by atoms with Crippen molar-refractivity contribution < 1.29 is 48.8 Å². The average Bonchev–Trinajstić information content (AvgIpc) is 2.27. The van der Waals surface area contributed by atoms with Crippen LogP contribution in [0.3, 0.4) is 0 Å². The molecule has 0 aromatic heterocycles. The van der Waals surface area contributed by atoms with Crippen LogP contribution in [0.4, 0.5) is 0 Å². The quantitative estimate of drug-likeness (QED) is 0.476. The zero-order chi connectivity index (χ0) is 15.2. The number of hydrogen-bond acceptors (Lipinski definition) is 9. The molecule has 0 spiro atoms. The molecule has 0 fully saturated rings. The van der Waals surface area contributed by atoms with Gasteiger partial charge in [-0.3, -0.25) is 0 Å². The minimum atomic E-state index is -2.80. The largest absolute Gasteiger partial charge is 0.537 e. The van der Waals surface area contributed by atoms with E-state index in [0.717, 1.165) is 20.8 Å². The number of carbonyl (C=O) groups excluding carboxylic acids is 3. The lowest BCUT2D eigenvalue weighted by molar-refractivity contribution is -0.151. The lowest BCUT2D eigenvalue weighted by atomic mass is 10.4. The van der Waals surface area contributed by atoms with Crippen molar-refractivity contribution >= 4 is 26.5 Å². The predicted molar refractivity (Wildman–Crippen MR) is 63.9 cm³/mol. The highest BCUT2D eigenvalue weighted by molar-refractivity contribution is 7.43. The maximum atomic E-state index is 11.1. The summed E-state index contributed by atoms with van der Waals surface area (Å²) in [5, 5.41) is 26.7. The Morgan fingerprint density at radius 1 is 0.750 bits per heavy atom. The van der Waals surface area contributed by atoms with Gasteiger partial charge in [-0.1, -0.05) is 0 Å². The van der Waals surface area contributed by atoms with Crippen molar-refractivity contribution in [3.05, 3.63) is 0 Å². The highest BCUT2D eigenvalue weighted by atomic mass is 31.2. The Kier molecular flexibility index (Phi) is 10.0. The third-order valence-electron chi connectivity index (χ3n) is 1.52. The second kappa shape index (κ2) is 9.56. The third kappa shape index (κ3) is 7.97. The zero-order valence-corrected chi connectivity index (χ0v) is 11.9. The van der Waals surface area contributed by atoms with Crippen LogP contribution in [-0.2, 0) is 28.0 Å². The molecular weight excluding hydrogens is 299 g/mol. The maximum absolute atomic E-state index is 11.1. The average molecular weight is 316 g/mol. The molecule has 0 bridgehead atoms. The van der Waals surface area contributed by atoms with Gasteiger partial charge in [0.15, 0.2) is 0 Å². The summed E-state index contributed by atoms with van der Waals surface area (Å²) in [5.41, 5.74) is 0. The van der Waals surface area contributed by atoms with E-state index in [0.29, 0.717) is 0 Å². The Labute approximate surface area is 115 Å². The summed E-state index contributed by atoms with van der Waals surface area (Å²) in [5.74, 6) is -3.58. The molecule has 0 rings (SSSR count). The molecule has 11 heteroatoms. The van der Waals surface area contributed by atoms with Crippen molar-refractivity contribution in [1.29, 1.82) is 0 Å². The number of aliphatic hydroxyl groups is 3. The third-order valence-corrected chi connectivity index (χ3v) is 2.50. The minimum Gasteiger partial charge on any atom is -0.412 e. The molecule has 5 N–H and O–H groups in total. The van der Waals surface area contributed by atoms with E-state index < -0.39 is 44.8 Å². The van der Waals surface area contributed by atoms with Gasteiger partial charge in [0.2, 0.25) is 0 Å². The van der Waals surface area contributed by atoms with Crippen LogP contribution in [0.1, 0.15) is 20.8 Å². The second-order valence-electron chi connectivity index (χ2n) is 3.48. The molecule has 0 radical (unpaired) electrons. The first kappa shape index (κ1) is 21.0. The van der Waals surface area contributed by atoms with Gasteiger partial charge in [0.1, 0.15) is 18.3 Å². The molecule has 0 aliphatic rings. The van der Waals surface area contributed by atoms with Gasteiger partial charge in [0.25, 0.3) is 0 Å². The van der Waals surface area contributed by atoms with E-state index in [-0.39, 0.29) is 5.48 Å². The molecule has 0 aromatic rings. The van der Waals surface area contributed by atoms with Crippen LogP contribution in [0.2, 0.25) is 0 Å². The highest BCUT2D eigenvalue weighted by Crippen LogP contribution is 2.41. The van der Waals surface area contributed by atoms with Crippen LogP contribution < -0.4 is 0 Å². The van der Waals surface area contributed by atoms with E-state index in [2.05, 4.69) is 13.6 Å². The van der Waals surface area contributed by atoms with E-state index in [1.54, 1.807) is 0 Å². The van der Waals surface area contributed by atoms with E-state index in [9.17, 15) is 14.4 Å². The number of hydrogen-bond donors (Lipinski definition) is 3. The van der Waals surface area contributed by atoms with Crippen LogP contribution in [-0.4, -0.2) is 57.0 Å². The van der Waals surface area contributed by atoms with Gasteiger partial charge >= 0.3 is 26.5 Å². The van der Waals surface area contributed by atoms with Gasteiger partial charge in [-0.15, -0.1) is 0 Å². The topological polar surface area (TPSA) is 171 Å². The molecule has 0 saturated carbocycles. The lowest BCUT2D eigenvalue weighted by Crippen LogP contribution is -2.24. The molecule has 0 aliphatic heterocycles. The Hall–Kier alpha value is -1.32. The molecule has 3 atom stereocenters. The summed E-state index contributed by atoms with van der Waals surface area (Å²) in [6.07, 6.45) is -4.58. The smallest absolute Gasteiger partial charge is 0.412 e. The molecule has 0 amide bonds. The summed E-state index contributed by atoms with van der Waals surface area (Å²) in [7, 11) is -2.80. The first-order valence-corrected chi connectivity index (χ1v) is 6.24. The standard InChI is InChI=1S/C9H15O9P.H2O/c1-4(10)7(13)16-19(17-8(14)5(2)11)18-9(15)6(3)12;/h4-6,10-12H,1-3H3;1H2/t4-,5-,6-;/m0./s1. The van der Waals surface area contributed by atoms with Crippen molar-refractivity contribution in [2.45, 2.75) is 39.1 Å². The number of aliphatic hydroxyl groups excluding tert-OH is 3. The summed E-state index contributed by atoms with van der Waals surface area (Å²) in [6, 6.07) is 0. The van der Waals surface area contributed by atoms with Gasteiger partial charge in [0, 0.05) is 0 Å². The van der Waals surface area contributed by atoms with Gasteiger partial charge < -0.3 is 34.4 Å². The summed E-state index contributed by atoms with van der Waals surface area (Å²) >= 11 is 0. The fourth-order valence-corrected chi connectivity index (χ4v) is 1.52. The van der Waals surface area contributed by atoms with Crippen molar-refractivity contribution in [1.82, 2.24) is 0 Å². The molecule has 10 nitrogen and oxygen atoms in total. The molecule has 0 heterocycles. The highest BCUT2D eigenvalue weighted by Gasteiger charge is 2.31. The summed E-state index contributed by atoms with van der Waals surface area (Å²) < 4.78 is 13.3. The lowest BCUT2D eigenvalue weighted by Gasteiger charge is -2.16. The van der Waals surface area contributed by atoms with Crippen molar-refractivity contribution in [3.8, 4) is 0 Å². The van der Waals surface area contributed by atoms with Gasteiger partial charge in [-0.25, -0.2) is 14.4 Å². The van der Waals surface area contributed by atoms with E-state index in [1.807, 2.05) is 0 Å². The van der Waals surface area contributed by atoms with Crippen LogP contribution in [0.15, 0.2) is 0 Å². The predicted octanol–water partition coefficient (Wildman–Crippen LogP) is -1.84. The molecule has 0 aliphatic carbocycles. The van der Waals surface area contributed by atoms with Crippen molar-refractivity contribution in [3.63, 3.8) is 0 Å². The monoisotopic (exact) mass is 316 g/mol. The fourth-order valence-electron chi connectivity index (χ4n) is 0.505. The van der Waals surface area contributed by atoms with Crippen molar-refractivity contribution in [2.75, 3.05) is 0 Å². The number of carbonyl (C=O) groups is 3. The minimum absolute atomic E-state index is 0. The van der Waals surface area contributed by atoms with E-state index in [4.69, 9.17) is 15.3 Å². The van der Waals surface area contributed by atoms with Gasteiger partial charge in [-0.2, -0.15) is 0 Å². The number of rotatable bonds is 6. The van der Waals surface area contributed by atoms with Gasteiger partial charge in [0.05, 0.1) is 0 Å². The molecule has 20 heavy (non-hydrogen) atoms. The maximum Gasteiger partial charge on any atom is 0.537 e. The van der Waals surface area contributed by atoms with Crippen molar-refractivity contribution in [2.24, 2.45) is 0 Å². The van der Waals surface area contributed by atoms with Gasteiger partial charge in [-0.05, 0) is 20.8 Å². The zero-order valence-electron chi connectivity index (χ0n) is 11.0. The van der Waals surface area contributed by atoms with Crippen LogP contribution in [0.5, 0.6) is 0 Å². The molecule has 0 saturated heterocycles. The van der Waals surface area contributed by atoms with Crippen LogP contribution >= 0.6 is 8.60 Å². The Balaban J connectivity index is 0. The van der Waals surface area contributed by atoms with Crippen LogP contribution in [0.25, 0.3) is 0 Å². The Morgan fingerprint density at radius 2 is 0.950 bits per heavy atom. The SMILES string of the molecule is C[C@H](O)C(=O)OP(OC(=O)[C@H](C)O)OC(=O)[C@H](C)O.O. The Bertz CT molecular complexity index is 287. The molecule has 118 valence electrons. The molecule has 0 unspecified atom stereocenters. The normalized spacial score (nSPS) is 14.6. The fraction of sp³-hybridized carbons (Fsp3) is 0.667. The van der Waals surface area contributed by atoms with Crippen LogP contribution in [0, 0.1) is 0 Å². The first-order valence-electron chi connectivity index (χ1n) is 5.15. The van der Waals surface area contributed by atoms with E-state index >= 15 is 0 Å². The van der Waals surface area contributed by atoms with E-state index in [1.165, 1.54) is 0 Å². The summed E-state index contributed by atoms with van der Waals surface area (Å²) in [4.78, 5) is 33.3. The molecule has 0 aromatic carbocycles. The first-order chi connectivity index (χ1) is 8.65.